The Hall–Kier alpha value is -3.29. The first-order valence-corrected chi connectivity index (χ1v) is 13.1. The van der Waals surface area contributed by atoms with E-state index in [1.54, 1.807) is 24.3 Å². The van der Waals surface area contributed by atoms with Gasteiger partial charge < -0.3 is 10.1 Å². The summed E-state index contributed by atoms with van der Waals surface area (Å²) in [6.45, 7) is 9.12. The van der Waals surface area contributed by atoms with Gasteiger partial charge in [-0.3, -0.25) is 9.36 Å². The molecule has 8 heteroatoms. The number of aromatic nitrogens is 3. The van der Waals surface area contributed by atoms with Crippen LogP contribution in [0.2, 0.25) is 5.02 Å². The van der Waals surface area contributed by atoms with Crippen LogP contribution in [0.15, 0.2) is 78.0 Å². The van der Waals surface area contributed by atoms with Crippen molar-refractivity contribution in [3.05, 3.63) is 83.4 Å². The number of rotatable bonds is 8. The van der Waals surface area contributed by atoms with Gasteiger partial charge in [0.1, 0.15) is 5.75 Å². The van der Waals surface area contributed by atoms with Crippen molar-refractivity contribution >= 4 is 35.0 Å². The van der Waals surface area contributed by atoms with Crippen molar-refractivity contribution in [2.75, 3.05) is 17.7 Å². The van der Waals surface area contributed by atoms with E-state index in [0.29, 0.717) is 28.3 Å². The van der Waals surface area contributed by atoms with Gasteiger partial charge in [-0.1, -0.05) is 74.5 Å². The molecule has 1 N–H and O–H groups in total. The van der Waals surface area contributed by atoms with Crippen LogP contribution >= 0.6 is 23.4 Å². The summed E-state index contributed by atoms with van der Waals surface area (Å²) in [6, 6.07) is 23.2. The van der Waals surface area contributed by atoms with Gasteiger partial charge in [-0.25, -0.2) is 0 Å². The zero-order valence-corrected chi connectivity index (χ0v) is 22.4. The first-order chi connectivity index (χ1) is 17.2. The summed E-state index contributed by atoms with van der Waals surface area (Å²) in [5.41, 5.74) is 3.78. The molecule has 0 radical (unpaired) electrons. The average molecular weight is 521 g/mol. The zero-order chi connectivity index (χ0) is 25.7. The van der Waals surface area contributed by atoms with Crippen molar-refractivity contribution in [1.29, 1.82) is 0 Å². The van der Waals surface area contributed by atoms with Crippen LogP contribution in [-0.2, 0) is 10.2 Å². The van der Waals surface area contributed by atoms with E-state index in [-0.39, 0.29) is 17.1 Å². The molecule has 0 saturated carbocycles. The largest absolute Gasteiger partial charge is 0.494 e. The second-order valence-corrected chi connectivity index (χ2v) is 10.6. The number of anilines is 1. The van der Waals surface area contributed by atoms with E-state index in [0.717, 1.165) is 17.0 Å². The molecule has 0 spiro atoms. The van der Waals surface area contributed by atoms with E-state index in [9.17, 15) is 4.79 Å². The fourth-order valence-electron chi connectivity index (χ4n) is 3.65. The fourth-order valence-corrected chi connectivity index (χ4v) is 4.60. The average Bonchev–Trinajstić information content (AvgIpc) is 3.27. The highest BCUT2D eigenvalue weighted by molar-refractivity contribution is 7.99. The third-order valence-electron chi connectivity index (χ3n) is 5.49. The van der Waals surface area contributed by atoms with E-state index in [2.05, 4.69) is 60.6 Å². The number of hydrogen-bond donors (Lipinski definition) is 1. The summed E-state index contributed by atoms with van der Waals surface area (Å²) < 4.78 is 7.58. The Morgan fingerprint density at radius 2 is 1.75 bits per heavy atom. The number of carbonyl (C=O) groups is 1. The van der Waals surface area contributed by atoms with Crippen LogP contribution in [0.25, 0.3) is 17.1 Å². The van der Waals surface area contributed by atoms with Gasteiger partial charge in [-0.05, 0) is 60.4 Å². The van der Waals surface area contributed by atoms with E-state index < -0.39 is 0 Å². The van der Waals surface area contributed by atoms with E-state index in [4.69, 9.17) is 16.3 Å². The molecule has 0 bridgehead atoms. The van der Waals surface area contributed by atoms with Crippen molar-refractivity contribution in [2.24, 2.45) is 0 Å². The fraction of sp³-hybridized carbons (Fsp3) is 0.250. The minimum atomic E-state index is -0.153. The molecule has 4 aromatic rings. The monoisotopic (exact) mass is 520 g/mol. The highest BCUT2D eigenvalue weighted by atomic mass is 35.5. The van der Waals surface area contributed by atoms with Crippen LogP contribution in [0.5, 0.6) is 5.75 Å². The predicted octanol–water partition coefficient (Wildman–Crippen LogP) is 7.01. The van der Waals surface area contributed by atoms with Gasteiger partial charge >= 0.3 is 0 Å². The molecule has 0 fully saturated rings. The topological polar surface area (TPSA) is 69.0 Å². The van der Waals surface area contributed by atoms with E-state index in [1.165, 1.54) is 17.3 Å². The molecular weight excluding hydrogens is 492 g/mol. The summed E-state index contributed by atoms with van der Waals surface area (Å²) >= 11 is 7.35. The minimum Gasteiger partial charge on any atom is -0.494 e. The number of nitrogens with zero attached hydrogens (tertiary/aromatic N) is 3. The highest BCUT2D eigenvalue weighted by Gasteiger charge is 2.19. The molecular formula is C28H29ClN4O2S. The number of ether oxygens (including phenoxy) is 1. The minimum absolute atomic E-state index is 0.0542. The summed E-state index contributed by atoms with van der Waals surface area (Å²) in [5.74, 6) is 1.52. The number of carbonyl (C=O) groups excluding carboxylic acids is 1. The Morgan fingerprint density at radius 3 is 2.39 bits per heavy atom. The molecule has 0 unspecified atom stereocenters. The number of halogens is 1. The normalized spacial score (nSPS) is 11.4. The molecule has 3 aromatic carbocycles. The quantitative estimate of drug-likeness (QED) is 0.253. The van der Waals surface area contributed by atoms with Crippen LogP contribution in [0.1, 0.15) is 33.3 Å². The second kappa shape index (κ2) is 11.2. The van der Waals surface area contributed by atoms with Crippen molar-refractivity contribution in [3.8, 4) is 22.8 Å². The summed E-state index contributed by atoms with van der Waals surface area (Å²) in [5, 5.41) is 13.0. The van der Waals surface area contributed by atoms with Crippen molar-refractivity contribution < 1.29 is 9.53 Å². The molecule has 0 aliphatic carbocycles. The third kappa shape index (κ3) is 6.28. The van der Waals surface area contributed by atoms with E-state index >= 15 is 0 Å². The predicted molar refractivity (Wildman–Crippen MR) is 147 cm³/mol. The van der Waals surface area contributed by atoms with Crippen molar-refractivity contribution in [2.45, 2.75) is 38.3 Å². The summed E-state index contributed by atoms with van der Waals surface area (Å²) in [6.07, 6.45) is 0. The number of benzene rings is 3. The van der Waals surface area contributed by atoms with Gasteiger partial charge in [0.25, 0.3) is 0 Å². The molecule has 0 aliphatic rings. The standard InChI is InChI=1S/C28H29ClN4O2S/c1-5-35-24-15-13-23(14-16-24)33-26(19-9-11-20(12-10-19)28(2,3)4)31-32-27(33)36-18-25(34)30-22-8-6-7-21(29)17-22/h6-17H,5,18H2,1-4H3,(H,30,34). The van der Waals surface area contributed by atoms with Crippen molar-refractivity contribution in [3.63, 3.8) is 0 Å². The zero-order valence-electron chi connectivity index (χ0n) is 20.8. The lowest BCUT2D eigenvalue weighted by molar-refractivity contribution is -0.113. The van der Waals surface area contributed by atoms with Crippen LogP contribution in [0.4, 0.5) is 5.69 Å². The number of nitrogens with one attached hydrogen (secondary N) is 1. The van der Waals surface area contributed by atoms with Crippen LogP contribution in [-0.4, -0.2) is 33.0 Å². The smallest absolute Gasteiger partial charge is 0.234 e. The molecule has 0 aliphatic heterocycles. The second-order valence-electron chi connectivity index (χ2n) is 9.24. The molecule has 1 amide bonds. The summed E-state index contributed by atoms with van der Waals surface area (Å²) in [7, 11) is 0. The molecule has 6 nitrogen and oxygen atoms in total. The summed E-state index contributed by atoms with van der Waals surface area (Å²) in [4.78, 5) is 12.6. The SMILES string of the molecule is CCOc1ccc(-n2c(SCC(=O)Nc3cccc(Cl)c3)nnc2-c2ccc(C(C)(C)C)cc2)cc1. The van der Waals surface area contributed by atoms with Gasteiger partial charge in [-0.2, -0.15) is 0 Å². The maximum atomic E-state index is 12.6. The molecule has 0 atom stereocenters. The van der Waals surface area contributed by atoms with Crippen LogP contribution in [0, 0.1) is 0 Å². The molecule has 186 valence electrons. The van der Waals surface area contributed by atoms with E-state index in [1.807, 2.05) is 35.8 Å². The number of amides is 1. The first-order valence-electron chi connectivity index (χ1n) is 11.7. The van der Waals surface area contributed by atoms with Crippen LogP contribution < -0.4 is 10.1 Å². The first kappa shape index (κ1) is 25.8. The van der Waals surface area contributed by atoms with Crippen molar-refractivity contribution in [1.82, 2.24) is 14.8 Å². The Morgan fingerprint density at radius 1 is 1.03 bits per heavy atom. The Kier molecular flexibility index (Phi) is 8.01. The third-order valence-corrected chi connectivity index (χ3v) is 6.65. The number of hydrogen-bond acceptors (Lipinski definition) is 5. The highest BCUT2D eigenvalue weighted by Crippen LogP contribution is 2.31. The molecule has 0 saturated heterocycles. The molecule has 36 heavy (non-hydrogen) atoms. The van der Waals surface area contributed by atoms with Gasteiger partial charge in [0, 0.05) is 22.0 Å². The van der Waals surface area contributed by atoms with Gasteiger partial charge in [0.15, 0.2) is 11.0 Å². The lowest BCUT2D eigenvalue weighted by Gasteiger charge is -2.19. The Labute approximate surface area is 221 Å². The maximum Gasteiger partial charge on any atom is 0.234 e. The maximum absolute atomic E-state index is 12.6. The lowest BCUT2D eigenvalue weighted by Crippen LogP contribution is -2.14. The molecule has 1 aromatic heterocycles. The van der Waals surface area contributed by atoms with Gasteiger partial charge in [0.05, 0.1) is 12.4 Å². The molecule has 4 rings (SSSR count). The van der Waals surface area contributed by atoms with Gasteiger partial charge in [0.2, 0.25) is 5.91 Å². The number of thioether (sulfide) groups is 1. The molecule has 1 heterocycles. The van der Waals surface area contributed by atoms with Gasteiger partial charge in [-0.15, -0.1) is 10.2 Å². The Balaban J connectivity index is 1.62. The lowest BCUT2D eigenvalue weighted by atomic mass is 9.87. The van der Waals surface area contributed by atoms with Crippen LogP contribution in [0.3, 0.4) is 0 Å². The Bertz CT molecular complexity index is 1330.